The van der Waals surface area contributed by atoms with Crippen LogP contribution in [0.4, 0.5) is 0 Å². The van der Waals surface area contributed by atoms with Crippen molar-refractivity contribution >= 4 is 32.4 Å². The van der Waals surface area contributed by atoms with Gasteiger partial charge in [0.15, 0.2) is 12.3 Å². The highest BCUT2D eigenvalue weighted by molar-refractivity contribution is 7.85. The number of aliphatic hydroxyl groups excluding tert-OH is 1. The molecule has 2 aliphatic heterocycles. The number of fused-ring (bicyclic) bond motifs is 2. The molecule has 2 aromatic rings. The maximum absolute atomic E-state index is 10.9. The van der Waals surface area contributed by atoms with Crippen LogP contribution in [0.3, 0.4) is 0 Å². The Morgan fingerprint density at radius 2 is 2.18 bits per heavy atom. The van der Waals surface area contributed by atoms with Gasteiger partial charge in [0.25, 0.3) is 0 Å². The number of aryl methyl sites for hydroxylation is 2. The fourth-order valence-corrected chi connectivity index (χ4v) is 4.68. The first-order valence-electron chi connectivity index (χ1n) is 8.83. The number of esters is 1. The lowest BCUT2D eigenvalue weighted by molar-refractivity contribution is -0.149. The van der Waals surface area contributed by atoms with Crippen LogP contribution < -0.4 is 0 Å². The number of benzene rings is 1. The van der Waals surface area contributed by atoms with Crippen molar-refractivity contribution in [2.75, 3.05) is 13.4 Å². The van der Waals surface area contributed by atoms with Crippen LogP contribution in [0.2, 0.25) is 0 Å². The van der Waals surface area contributed by atoms with Crippen LogP contribution in [0, 0.1) is 13.8 Å². The van der Waals surface area contributed by atoms with E-state index >= 15 is 0 Å². The highest BCUT2D eigenvalue weighted by Crippen LogP contribution is 2.62. The minimum Gasteiger partial charge on any atom is -0.434 e. The van der Waals surface area contributed by atoms with Crippen molar-refractivity contribution in [1.82, 2.24) is 9.55 Å². The number of ether oxygens (including phenoxy) is 2. The SMILES string of the molecule is [B][P+]1(OCOC(C)=O)OC[C@H]2O[C@@H](n3cnc4cc(C)c(C)cc43)C(O)[C@H]2O1. The Morgan fingerprint density at radius 3 is 2.93 bits per heavy atom. The zero-order chi connectivity index (χ0) is 20.1. The Bertz CT molecular complexity index is 909. The number of hydrogen-bond donors (Lipinski definition) is 1. The number of carbonyl (C=O) groups is 1. The van der Waals surface area contributed by atoms with Crippen LogP contribution >= 0.6 is 7.82 Å². The second-order valence-corrected chi connectivity index (χ2v) is 8.73. The number of nitrogens with zero attached hydrogens (tertiary/aromatic N) is 2. The van der Waals surface area contributed by atoms with E-state index in [4.69, 9.17) is 30.6 Å². The first kappa shape index (κ1) is 19.8. The lowest BCUT2D eigenvalue weighted by Gasteiger charge is -2.30. The van der Waals surface area contributed by atoms with E-state index in [0.717, 1.165) is 22.2 Å². The number of hydrogen-bond acceptors (Lipinski definition) is 8. The summed E-state index contributed by atoms with van der Waals surface area (Å²) in [6.07, 6.45) is -1.33. The number of aromatic nitrogens is 2. The highest BCUT2D eigenvalue weighted by atomic mass is 31.2. The summed E-state index contributed by atoms with van der Waals surface area (Å²) in [6, 6.07) is 4.00. The Kier molecular flexibility index (Phi) is 5.20. The van der Waals surface area contributed by atoms with Gasteiger partial charge in [0.1, 0.15) is 18.8 Å². The maximum Gasteiger partial charge on any atom is 0.488 e. The molecule has 1 N–H and O–H groups in total. The van der Waals surface area contributed by atoms with Crippen LogP contribution in [0.5, 0.6) is 0 Å². The summed E-state index contributed by atoms with van der Waals surface area (Å²) in [5.74, 6) is -0.511. The van der Waals surface area contributed by atoms with E-state index < -0.39 is 38.3 Å². The van der Waals surface area contributed by atoms with E-state index in [9.17, 15) is 9.90 Å². The van der Waals surface area contributed by atoms with E-state index in [1.54, 1.807) is 10.9 Å². The first-order chi connectivity index (χ1) is 13.3. The smallest absolute Gasteiger partial charge is 0.434 e. The second kappa shape index (κ2) is 7.37. The van der Waals surface area contributed by atoms with Gasteiger partial charge in [-0.05, 0) is 37.1 Å². The molecule has 0 amide bonds. The summed E-state index contributed by atoms with van der Waals surface area (Å²) in [4.78, 5) is 15.3. The fraction of sp³-hybridized carbons (Fsp3) is 0.529. The number of imidazole rings is 1. The van der Waals surface area contributed by atoms with Gasteiger partial charge in [-0.15, -0.1) is 0 Å². The minimum absolute atomic E-state index is 0.0906. The van der Waals surface area contributed by atoms with Crippen molar-refractivity contribution in [3.8, 4) is 0 Å². The molecule has 0 saturated carbocycles. The molecule has 1 aromatic carbocycles. The van der Waals surface area contributed by atoms with Crippen LogP contribution in [-0.2, 0) is 27.8 Å². The van der Waals surface area contributed by atoms with Crippen LogP contribution in [0.25, 0.3) is 11.0 Å². The van der Waals surface area contributed by atoms with Gasteiger partial charge < -0.3 is 19.1 Å². The quantitative estimate of drug-likeness (QED) is 0.354. The molecule has 5 atom stereocenters. The maximum atomic E-state index is 10.9. The van der Waals surface area contributed by atoms with Crippen LogP contribution in [-0.4, -0.2) is 59.9 Å². The molecule has 11 heteroatoms. The van der Waals surface area contributed by atoms with Gasteiger partial charge in [-0.25, -0.2) is 4.98 Å². The van der Waals surface area contributed by atoms with Crippen molar-refractivity contribution in [2.24, 2.45) is 0 Å². The molecule has 0 aliphatic carbocycles. The normalized spacial score (nSPS) is 32.4. The molecule has 2 unspecified atom stereocenters. The molecule has 148 valence electrons. The molecule has 28 heavy (non-hydrogen) atoms. The molecule has 9 nitrogen and oxygen atoms in total. The average Bonchev–Trinajstić information content (AvgIpc) is 3.16. The van der Waals surface area contributed by atoms with Gasteiger partial charge in [0, 0.05) is 6.92 Å². The summed E-state index contributed by atoms with van der Waals surface area (Å²) in [6.45, 7) is 4.99. The monoisotopic (exact) mass is 407 g/mol. The summed E-state index contributed by atoms with van der Waals surface area (Å²) in [5.41, 5.74) is 3.92. The minimum atomic E-state index is -3.23. The predicted octanol–water partition coefficient (Wildman–Crippen LogP) is 1.71. The molecule has 0 spiro atoms. The highest BCUT2D eigenvalue weighted by Gasteiger charge is 2.58. The van der Waals surface area contributed by atoms with Gasteiger partial charge >= 0.3 is 21.4 Å². The zero-order valence-electron chi connectivity index (χ0n) is 15.8. The number of carbonyl (C=O) groups excluding carboxylic acids is 1. The van der Waals surface area contributed by atoms with E-state index in [-0.39, 0.29) is 13.4 Å². The van der Waals surface area contributed by atoms with Crippen molar-refractivity contribution in [2.45, 2.75) is 45.3 Å². The van der Waals surface area contributed by atoms with E-state index in [1.807, 2.05) is 26.0 Å². The molecule has 1 aromatic heterocycles. The number of rotatable bonds is 4. The third-order valence-corrected chi connectivity index (χ3v) is 6.47. The molecule has 0 bridgehead atoms. The molecular formula is C17H21BN2O7P+. The van der Waals surface area contributed by atoms with Gasteiger partial charge in [0.05, 0.1) is 17.4 Å². The van der Waals surface area contributed by atoms with E-state index in [0.29, 0.717) is 0 Å². The molecule has 2 aliphatic rings. The Labute approximate surface area is 163 Å². The molecule has 4 rings (SSSR count). The zero-order valence-corrected chi connectivity index (χ0v) is 16.7. The Morgan fingerprint density at radius 1 is 1.43 bits per heavy atom. The van der Waals surface area contributed by atoms with Crippen LogP contribution in [0.1, 0.15) is 24.3 Å². The first-order valence-corrected chi connectivity index (χ1v) is 10.4. The second-order valence-electron chi connectivity index (χ2n) is 6.92. The van der Waals surface area contributed by atoms with E-state index in [2.05, 4.69) is 4.98 Å². The third-order valence-electron chi connectivity index (χ3n) is 4.96. The van der Waals surface area contributed by atoms with Gasteiger partial charge in [-0.3, -0.25) is 4.79 Å². The van der Waals surface area contributed by atoms with Crippen molar-refractivity contribution in [3.63, 3.8) is 0 Å². The molecule has 2 saturated heterocycles. The van der Waals surface area contributed by atoms with Crippen molar-refractivity contribution < 1.29 is 32.9 Å². The van der Waals surface area contributed by atoms with Crippen molar-refractivity contribution in [1.29, 1.82) is 0 Å². The standard InChI is InChI=1S/C17H21BN2O7P/c1-9-4-12-13(5-10(9)2)20(7-19-12)17-15(22)16-14(26-17)6-24-28(18,27-16)25-8-23-11(3)21/h4-5,7,14-17,22H,6,8H2,1-3H3/q+1/t14-,15?,16+,17-,28?/m1/s1. The third kappa shape index (κ3) is 3.56. The van der Waals surface area contributed by atoms with Crippen LogP contribution in [0.15, 0.2) is 18.5 Å². The van der Waals surface area contributed by atoms with Gasteiger partial charge in [-0.2, -0.15) is 13.6 Å². The lowest BCUT2D eigenvalue weighted by Crippen LogP contribution is -2.41. The van der Waals surface area contributed by atoms with Crippen molar-refractivity contribution in [3.05, 3.63) is 29.6 Å². The topological polar surface area (TPSA) is 101 Å². The molecule has 2 fully saturated rings. The summed E-state index contributed by atoms with van der Waals surface area (Å²) in [7, 11) is 2.79. The van der Waals surface area contributed by atoms with Gasteiger partial charge in [0.2, 0.25) is 6.79 Å². The molecular weight excluding hydrogens is 386 g/mol. The summed E-state index contributed by atoms with van der Waals surface area (Å²) in [5, 5.41) is 10.9. The van der Waals surface area contributed by atoms with Gasteiger partial charge in [-0.1, -0.05) is 0 Å². The predicted molar refractivity (Wildman–Crippen MR) is 100 cm³/mol. The molecule has 3 heterocycles. The molecule has 2 radical (unpaired) electrons. The summed E-state index contributed by atoms with van der Waals surface area (Å²) >= 11 is 0. The largest absolute Gasteiger partial charge is 0.488 e. The Hall–Kier alpha value is -1.55. The number of aliphatic hydroxyl groups is 1. The Balaban J connectivity index is 1.53. The fourth-order valence-electron chi connectivity index (χ4n) is 3.33. The summed E-state index contributed by atoms with van der Waals surface area (Å²) < 4.78 is 29.0. The average molecular weight is 407 g/mol. The lowest BCUT2D eigenvalue weighted by atomic mass is 10.1. The van der Waals surface area contributed by atoms with E-state index in [1.165, 1.54) is 6.92 Å².